The van der Waals surface area contributed by atoms with E-state index in [1.165, 1.54) is 0 Å². The molecule has 0 aliphatic heterocycles. The van der Waals surface area contributed by atoms with Crippen LogP contribution in [0.1, 0.15) is 18.4 Å². The maximum Gasteiger partial charge on any atom is 0.319 e. The normalized spacial score (nSPS) is 14.2. The van der Waals surface area contributed by atoms with Crippen molar-refractivity contribution >= 4 is 29.2 Å². The molecule has 2 aromatic carbocycles. The van der Waals surface area contributed by atoms with Crippen LogP contribution < -0.4 is 16.0 Å². The largest absolute Gasteiger partial charge is 0.480 e. The first kappa shape index (κ1) is 18.4. The quantitative estimate of drug-likeness (QED) is 0.618. The second-order valence-corrected chi connectivity index (χ2v) is 6.70. The van der Waals surface area contributed by atoms with E-state index in [9.17, 15) is 19.5 Å². The lowest BCUT2D eigenvalue weighted by Crippen LogP contribution is -2.33. The summed E-state index contributed by atoms with van der Waals surface area (Å²) >= 11 is 0. The summed E-state index contributed by atoms with van der Waals surface area (Å²) < 4.78 is 0. The topological polar surface area (TPSA) is 113 Å². The number of carbonyl (C=O) groups excluding carboxylic acids is 2. The molecule has 4 N–H and O–H groups in total. The first-order valence-corrected chi connectivity index (χ1v) is 8.63. The smallest absolute Gasteiger partial charge is 0.319 e. The third-order valence-electron chi connectivity index (χ3n) is 4.63. The Hall–Kier alpha value is -3.35. The number of anilines is 2. The summed E-state index contributed by atoms with van der Waals surface area (Å²) in [6.07, 6.45) is 0.686. The molecule has 0 saturated heterocycles. The van der Waals surface area contributed by atoms with Crippen LogP contribution in [-0.4, -0.2) is 29.4 Å². The molecule has 3 rings (SSSR count). The molecule has 140 valence electrons. The van der Waals surface area contributed by atoms with Crippen molar-refractivity contribution in [1.82, 2.24) is 0 Å². The molecule has 0 unspecified atom stereocenters. The zero-order valence-corrected chi connectivity index (χ0v) is 14.7. The molecule has 27 heavy (non-hydrogen) atoms. The molecule has 1 aliphatic carbocycles. The lowest BCUT2D eigenvalue weighted by atomic mass is 10.1. The summed E-state index contributed by atoms with van der Waals surface area (Å²) in [5.74, 6) is -2.09. The molecule has 0 bridgehead atoms. The van der Waals surface area contributed by atoms with Gasteiger partial charge in [-0.25, -0.2) is 0 Å². The van der Waals surface area contributed by atoms with Crippen LogP contribution >= 0.6 is 0 Å². The van der Waals surface area contributed by atoms with Crippen LogP contribution in [0.4, 0.5) is 11.4 Å². The number of benzene rings is 2. The maximum absolute atomic E-state index is 12.3. The van der Waals surface area contributed by atoms with Gasteiger partial charge in [0.2, 0.25) is 11.8 Å². The Bertz CT molecular complexity index is 863. The van der Waals surface area contributed by atoms with Gasteiger partial charge in [-0.15, -0.1) is 0 Å². The Morgan fingerprint density at radius 3 is 2.37 bits per heavy atom. The van der Waals surface area contributed by atoms with Crippen molar-refractivity contribution in [2.24, 2.45) is 11.1 Å². The van der Waals surface area contributed by atoms with Gasteiger partial charge in [0.05, 0.1) is 6.54 Å². The van der Waals surface area contributed by atoms with Gasteiger partial charge < -0.3 is 21.1 Å². The molecule has 2 amide bonds. The van der Waals surface area contributed by atoms with Gasteiger partial charge in [0.15, 0.2) is 0 Å². The molecule has 1 saturated carbocycles. The van der Waals surface area contributed by atoms with Crippen LogP contribution in [0.25, 0.3) is 0 Å². The van der Waals surface area contributed by atoms with E-state index in [2.05, 4.69) is 5.32 Å². The van der Waals surface area contributed by atoms with Crippen LogP contribution in [0.5, 0.6) is 0 Å². The van der Waals surface area contributed by atoms with Crippen molar-refractivity contribution in [3.05, 3.63) is 60.2 Å². The standard InChI is InChI=1S/C20H21N3O4/c21-17(24)13-23(12-14-5-2-1-3-6-14)16-8-4-7-15(11-16)22-18(25)20(9-10-20)19(26)27/h1-8,11H,9-10,12-13H2,(H2,21,24)(H,22,25)(H,26,27). The van der Waals surface area contributed by atoms with Gasteiger partial charge in [-0.1, -0.05) is 36.4 Å². The van der Waals surface area contributed by atoms with Crippen molar-refractivity contribution in [3.63, 3.8) is 0 Å². The van der Waals surface area contributed by atoms with Gasteiger partial charge >= 0.3 is 5.97 Å². The highest BCUT2D eigenvalue weighted by atomic mass is 16.4. The minimum absolute atomic E-state index is 0.0192. The average molecular weight is 367 g/mol. The molecule has 1 fully saturated rings. The Balaban J connectivity index is 1.79. The molecule has 0 aromatic heterocycles. The van der Waals surface area contributed by atoms with Crippen LogP contribution in [0.3, 0.4) is 0 Å². The van der Waals surface area contributed by atoms with Crippen LogP contribution in [0.15, 0.2) is 54.6 Å². The highest BCUT2D eigenvalue weighted by molar-refractivity contribution is 6.10. The number of primary amides is 1. The van der Waals surface area contributed by atoms with Crippen molar-refractivity contribution in [3.8, 4) is 0 Å². The molecule has 7 nitrogen and oxygen atoms in total. The highest BCUT2D eigenvalue weighted by Crippen LogP contribution is 2.46. The van der Waals surface area contributed by atoms with E-state index in [1.54, 1.807) is 23.1 Å². The molecular formula is C20H21N3O4. The summed E-state index contributed by atoms with van der Waals surface area (Å²) in [5, 5.41) is 11.9. The van der Waals surface area contributed by atoms with Gasteiger partial charge in [0.1, 0.15) is 5.41 Å². The van der Waals surface area contributed by atoms with E-state index < -0.39 is 23.2 Å². The average Bonchev–Trinajstić information content (AvgIpc) is 3.44. The van der Waals surface area contributed by atoms with Gasteiger partial charge in [-0.2, -0.15) is 0 Å². The number of aliphatic carboxylic acids is 1. The fraction of sp³-hybridized carbons (Fsp3) is 0.250. The zero-order valence-electron chi connectivity index (χ0n) is 14.7. The first-order valence-electron chi connectivity index (χ1n) is 8.63. The highest BCUT2D eigenvalue weighted by Gasteiger charge is 2.57. The van der Waals surface area contributed by atoms with E-state index in [4.69, 9.17) is 5.73 Å². The molecule has 0 spiro atoms. The van der Waals surface area contributed by atoms with Crippen LogP contribution in [0.2, 0.25) is 0 Å². The Morgan fingerprint density at radius 1 is 1.07 bits per heavy atom. The number of hydrogen-bond acceptors (Lipinski definition) is 4. The molecule has 0 atom stereocenters. The number of hydrogen-bond donors (Lipinski definition) is 3. The summed E-state index contributed by atoms with van der Waals surface area (Å²) in [6.45, 7) is 0.492. The predicted octanol–water partition coefficient (Wildman–Crippen LogP) is 1.98. The van der Waals surface area contributed by atoms with Crippen LogP contribution in [0, 0.1) is 5.41 Å². The minimum atomic E-state index is -1.31. The van der Waals surface area contributed by atoms with Crippen molar-refractivity contribution in [2.45, 2.75) is 19.4 Å². The second-order valence-electron chi connectivity index (χ2n) is 6.70. The van der Waals surface area contributed by atoms with E-state index in [0.29, 0.717) is 30.8 Å². The number of carboxylic acid groups (broad SMARTS) is 1. The predicted molar refractivity (Wildman–Crippen MR) is 101 cm³/mol. The molecule has 7 heteroatoms. The van der Waals surface area contributed by atoms with Gasteiger partial charge in [-0.05, 0) is 36.6 Å². The van der Waals surface area contributed by atoms with Crippen LogP contribution in [-0.2, 0) is 20.9 Å². The second kappa shape index (κ2) is 7.49. The van der Waals surface area contributed by atoms with Crippen molar-refractivity contribution in [2.75, 3.05) is 16.8 Å². The number of carboxylic acids is 1. The molecular weight excluding hydrogens is 346 g/mol. The molecule has 1 aliphatic rings. The fourth-order valence-corrected chi connectivity index (χ4v) is 2.92. The number of amides is 2. The summed E-state index contributed by atoms with van der Waals surface area (Å²) in [6, 6.07) is 16.6. The number of carbonyl (C=O) groups is 3. The van der Waals surface area contributed by atoms with E-state index in [-0.39, 0.29) is 6.54 Å². The Kier molecular flexibility index (Phi) is 5.12. The van der Waals surface area contributed by atoms with Gasteiger partial charge in [0, 0.05) is 17.9 Å². The lowest BCUT2D eigenvalue weighted by Gasteiger charge is -2.24. The number of nitrogens with two attached hydrogens (primary N) is 1. The third kappa shape index (κ3) is 4.25. The molecule has 0 radical (unpaired) electrons. The summed E-state index contributed by atoms with van der Waals surface area (Å²) in [7, 11) is 0. The SMILES string of the molecule is NC(=O)CN(Cc1ccccc1)c1cccc(NC(=O)C2(C(=O)O)CC2)c1. The maximum atomic E-state index is 12.3. The monoisotopic (exact) mass is 367 g/mol. The Labute approximate surface area is 156 Å². The molecule has 0 heterocycles. The van der Waals surface area contributed by atoms with E-state index in [0.717, 1.165) is 5.56 Å². The van der Waals surface area contributed by atoms with Crippen molar-refractivity contribution < 1.29 is 19.5 Å². The summed E-state index contributed by atoms with van der Waals surface area (Å²) in [4.78, 5) is 36.9. The molecule has 2 aromatic rings. The van der Waals surface area contributed by atoms with Crippen molar-refractivity contribution in [1.29, 1.82) is 0 Å². The first-order chi connectivity index (χ1) is 12.9. The van der Waals surface area contributed by atoms with Gasteiger partial charge in [0.25, 0.3) is 0 Å². The Morgan fingerprint density at radius 2 is 1.78 bits per heavy atom. The number of nitrogens with one attached hydrogen (secondary N) is 1. The minimum Gasteiger partial charge on any atom is -0.480 e. The van der Waals surface area contributed by atoms with Gasteiger partial charge in [-0.3, -0.25) is 14.4 Å². The summed E-state index contributed by atoms with van der Waals surface area (Å²) in [5.41, 5.74) is 6.27. The number of rotatable bonds is 8. The number of nitrogens with zero attached hydrogens (tertiary/aromatic N) is 1. The van der Waals surface area contributed by atoms with E-state index >= 15 is 0 Å². The fourth-order valence-electron chi connectivity index (χ4n) is 2.92. The lowest BCUT2D eigenvalue weighted by molar-refractivity contribution is -0.147. The third-order valence-corrected chi connectivity index (χ3v) is 4.63. The zero-order chi connectivity index (χ0) is 19.4. The van der Waals surface area contributed by atoms with E-state index in [1.807, 2.05) is 36.4 Å².